The minimum absolute atomic E-state index is 1.09. The minimum atomic E-state index is 1.09. The lowest BCUT2D eigenvalue weighted by Crippen LogP contribution is -1.91. The average molecular weight is 1020 g/mol. The van der Waals surface area contributed by atoms with E-state index >= 15 is 0 Å². The predicted octanol–water partition coefficient (Wildman–Crippen LogP) is 20.8. The van der Waals surface area contributed by atoms with Gasteiger partial charge in [0.25, 0.3) is 0 Å². The molecule has 0 bridgehead atoms. The molecule has 0 saturated carbocycles. The van der Waals surface area contributed by atoms with Gasteiger partial charge >= 0.3 is 0 Å². The monoisotopic (exact) mass is 1020 g/mol. The van der Waals surface area contributed by atoms with Gasteiger partial charge in [-0.05, 0) is 179 Å². The Morgan fingerprint density at radius 2 is 0.400 bits per heavy atom. The minimum Gasteiger partial charge on any atom is -0.0616 e. The van der Waals surface area contributed by atoms with Crippen molar-refractivity contribution in [3.8, 4) is 44.5 Å². The molecule has 14 aromatic carbocycles. The highest BCUT2D eigenvalue weighted by Crippen LogP contribution is 2.47. The molecule has 0 spiro atoms. The summed E-state index contributed by atoms with van der Waals surface area (Å²) >= 11 is 7.51. The maximum absolute atomic E-state index is 3.76. The van der Waals surface area contributed by atoms with Crippen LogP contribution in [0.2, 0.25) is 0 Å². The van der Waals surface area contributed by atoms with Gasteiger partial charge in [-0.25, -0.2) is 0 Å². The zero-order chi connectivity index (χ0) is 46.7. The third kappa shape index (κ3) is 7.43. The summed E-state index contributed by atoms with van der Waals surface area (Å²) in [6, 6.07) is 92.7. The fourth-order valence-electron chi connectivity index (χ4n) is 10.9. The van der Waals surface area contributed by atoms with E-state index in [1.807, 2.05) is 0 Å². The highest BCUT2D eigenvalue weighted by atomic mass is 79.9. The van der Waals surface area contributed by atoms with Gasteiger partial charge in [-0.1, -0.05) is 238 Å². The van der Waals surface area contributed by atoms with Crippen LogP contribution in [0.3, 0.4) is 0 Å². The normalized spacial score (nSPS) is 11.6. The Morgan fingerprint density at radius 3 is 0.686 bits per heavy atom. The number of benzene rings is 14. The van der Waals surface area contributed by atoms with Gasteiger partial charge in [0.2, 0.25) is 0 Å². The standard InChI is InChI=1S/2C34H21Br/c2*35-28-17-18-31-32(21-28)34(27-16-14-23-8-2-4-10-25(23)20-27)30-12-6-5-11-29(30)33(31)26-15-13-22-7-1-3-9-24(22)19-26/h2*1-21H. The molecule has 14 rings (SSSR count). The molecule has 14 aromatic rings. The van der Waals surface area contributed by atoms with Crippen LogP contribution in [0.25, 0.3) is 131 Å². The van der Waals surface area contributed by atoms with Crippen LogP contribution in [0.5, 0.6) is 0 Å². The molecular weight excluding hydrogens is 977 g/mol. The van der Waals surface area contributed by atoms with E-state index < -0.39 is 0 Å². The van der Waals surface area contributed by atoms with Crippen LogP contribution < -0.4 is 0 Å². The lowest BCUT2D eigenvalue weighted by atomic mass is 9.85. The molecule has 0 aliphatic carbocycles. The molecule has 0 nitrogen and oxygen atoms in total. The summed E-state index contributed by atoms with van der Waals surface area (Å²) < 4.78 is 2.18. The summed E-state index contributed by atoms with van der Waals surface area (Å²) in [7, 11) is 0. The van der Waals surface area contributed by atoms with E-state index in [1.165, 1.54) is 131 Å². The van der Waals surface area contributed by atoms with Crippen LogP contribution in [-0.4, -0.2) is 0 Å². The van der Waals surface area contributed by atoms with Crippen molar-refractivity contribution in [3.05, 3.63) is 264 Å². The molecule has 0 amide bonds. The van der Waals surface area contributed by atoms with E-state index in [9.17, 15) is 0 Å². The molecule has 0 heterocycles. The summed E-state index contributed by atoms with van der Waals surface area (Å²) in [4.78, 5) is 0. The van der Waals surface area contributed by atoms with Crippen LogP contribution in [0.4, 0.5) is 0 Å². The Bertz CT molecular complexity index is 4110. The fourth-order valence-corrected chi connectivity index (χ4v) is 11.6. The van der Waals surface area contributed by atoms with Crippen molar-refractivity contribution in [3.63, 3.8) is 0 Å². The third-order valence-corrected chi connectivity index (χ3v) is 15.1. The largest absolute Gasteiger partial charge is 0.0616 e. The summed E-state index contributed by atoms with van der Waals surface area (Å²) in [5, 5.41) is 20.3. The van der Waals surface area contributed by atoms with Gasteiger partial charge in [-0.3, -0.25) is 0 Å². The quantitative estimate of drug-likeness (QED) is 0.154. The SMILES string of the molecule is Brc1ccc2c(-c3ccc4ccccc4c3)c3ccccc3c(-c3ccc4ccccc4c3)c2c1.Brc1ccc2c(-c3ccc4ccccc4c3)c3ccccc3c(-c3ccc4ccccc4c3)c2c1. The second kappa shape index (κ2) is 17.6. The van der Waals surface area contributed by atoms with E-state index in [-0.39, 0.29) is 0 Å². The van der Waals surface area contributed by atoms with Crippen LogP contribution in [0.1, 0.15) is 0 Å². The summed E-state index contributed by atoms with van der Waals surface area (Å²) in [6.07, 6.45) is 0. The molecule has 0 saturated heterocycles. The molecule has 0 unspecified atom stereocenters. The Kier molecular flexibility index (Phi) is 10.6. The van der Waals surface area contributed by atoms with Crippen molar-refractivity contribution in [2.24, 2.45) is 0 Å². The van der Waals surface area contributed by atoms with Crippen molar-refractivity contribution in [1.29, 1.82) is 0 Å². The lowest BCUT2D eigenvalue weighted by molar-refractivity contribution is 1.66. The number of rotatable bonds is 4. The molecule has 0 fully saturated rings. The summed E-state index contributed by atoms with van der Waals surface area (Å²) in [6.45, 7) is 0. The van der Waals surface area contributed by atoms with E-state index in [0.717, 1.165) is 8.95 Å². The Labute approximate surface area is 423 Å². The highest BCUT2D eigenvalue weighted by molar-refractivity contribution is 9.10. The smallest absolute Gasteiger partial charge is 0.0181 e. The third-order valence-electron chi connectivity index (χ3n) is 14.1. The van der Waals surface area contributed by atoms with Crippen molar-refractivity contribution >= 4 is 118 Å². The first-order valence-corrected chi connectivity index (χ1v) is 25.4. The van der Waals surface area contributed by atoms with Crippen LogP contribution >= 0.6 is 31.9 Å². The van der Waals surface area contributed by atoms with E-state index in [1.54, 1.807) is 0 Å². The summed E-state index contributed by atoms with van der Waals surface area (Å²) in [5.41, 5.74) is 10.1. The van der Waals surface area contributed by atoms with Gasteiger partial charge in [-0.15, -0.1) is 0 Å². The van der Waals surface area contributed by atoms with Gasteiger partial charge in [0, 0.05) is 8.95 Å². The molecule has 70 heavy (non-hydrogen) atoms. The molecule has 0 aliphatic heterocycles. The molecule has 0 aromatic heterocycles. The van der Waals surface area contributed by atoms with Gasteiger partial charge in [0.1, 0.15) is 0 Å². The van der Waals surface area contributed by atoms with Gasteiger partial charge in [-0.2, -0.15) is 0 Å². The molecule has 328 valence electrons. The zero-order valence-electron chi connectivity index (χ0n) is 38.0. The topological polar surface area (TPSA) is 0 Å². The molecular formula is C68H42Br2. The number of halogens is 2. The second-order valence-corrected chi connectivity index (χ2v) is 20.1. The second-order valence-electron chi connectivity index (χ2n) is 18.2. The molecule has 0 aliphatic rings. The van der Waals surface area contributed by atoms with E-state index in [0.29, 0.717) is 0 Å². The van der Waals surface area contributed by atoms with Crippen molar-refractivity contribution in [2.45, 2.75) is 0 Å². The first kappa shape index (κ1) is 42.2. The Morgan fingerprint density at radius 1 is 0.171 bits per heavy atom. The maximum atomic E-state index is 3.76. The number of hydrogen-bond donors (Lipinski definition) is 0. The van der Waals surface area contributed by atoms with Crippen LogP contribution in [-0.2, 0) is 0 Å². The first-order valence-electron chi connectivity index (χ1n) is 23.8. The number of fused-ring (bicyclic) bond motifs is 8. The van der Waals surface area contributed by atoms with Crippen LogP contribution in [0.15, 0.2) is 264 Å². The van der Waals surface area contributed by atoms with Crippen molar-refractivity contribution < 1.29 is 0 Å². The molecule has 0 radical (unpaired) electrons. The van der Waals surface area contributed by atoms with Gasteiger partial charge < -0.3 is 0 Å². The zero-order valence-corrected chi connectivity index (χ0v) is 41.2. The predicted molar refractivity (Wildman–Crippen MR) is 310 cm³/mol. The van der Waals surface area contributed by atoms with E-state index in [4.69, 9.17) is 0 Å². The number of hydrogen-bond acceptors (Lipinski definition) is 0. The molecule has 0 N–H and O–H groups in total. The maximum Gasteiger partial charge on any atom is 0.0181 e. The Balaban J connectivity index is 0.000000137. The molecule has 0 atom stereocenters. The van der Waals surface area contributed by atoms with Gasteiger partial charge in [0.15, 0.2) is 0 Å². The van der Waals surface area contributed by atoms with Crippen LogP contribution in [0, 0.1) is 0 Å². The fraction of sp³-hybridized carbons (Fsp3) is 0. The van der Waals surface area contributed by atoms with E-state index in [2.05, 4.69) is 287 Å². The average Bonchev–Trinajstić information content (AvgIpc) is 3.41. The van der Waals surface area contributed by atoms with Crippen molar-refractivity contribution in [1.82, 2.24) is 0 Å². The van der Waals surface area contributed by atoms with Gasteiger partial charge in [0.05, 0.1) is 0 Å². The highest BCUT2D eigenvalue weighted by Gasteiger charge is 2.19. The summed E-state index contributed by atoms with van der Waals surface area (Å²) in [5.74, 6) is 0. The molecule has 2 heteroatoms. The lowest BCUT2D eigenvalue weighted by Gasteiger charge is -2.18. The van der Waals surface area contributed by atoms with Crippen molar-refractivity contribution in [2.75, 3.05) is 0 Å². The first-order chi connectivity index (χ1) is 34.5. The Hall–Kier alpha value is -7.88.